The molecule has 1 unspecified atom stereocenters. The molecule has 0 saturated carbocycles. The number of benzene rings is 3. The predicted octanol–water partition coefficient (Wildman–Crippen LogP) is 3.91. The fourth-order valence-electron chi connectivity index (χ4n) is 4.52. The second kappa shape index (κ2) is 12.8. The largest absolute Gasteiger partial charge is 0.489 e. The Morgan fingerprint density at radius 3 is 2.43 bits per heavy atom. The molecule has 11 heteroatoms. The summed E-state index contributed by atoms with van der Waals surface area (Å²) in [6.45, 7) is 2.39. The Morgan fingerprint density at radius 1 is 1.05 bits per heavy atom. The van der Waals surface area contributed by atoms with Crippen molar-refractivity contribution < 1.29 is 23.9 Å². The Kier molecular flexibility index (Phi) is 8.70. The quantitative estimate of drug-likeness (QED) is 0.120. The van der Waals surface area contributed by atoms with E-state index in [1.165, 1.54) is 35.1 Å². The first-order valence-corrected chi connectivity index (χ1v) is 13.9. The van der Waals surface area contributed by atoms with E-state index in [1.807, 2.05) is 42.5 Å². The molecule has 0 radical (unpaired) electrons. The van der Waals surface area contributed by atoms with Crippen LogP contribution in [0.5, 0.6) is 5.75 Å². The van der Waals surface area contributed by atoms with Gasteiger partial charge in [-0.3, -0.25) is 19.5 Å². The average Bonchev–Trinajstić information content (AvgIpc) is 3.30. The van der Waals surface area contributed by atoms with Crippen LogP contribution in [0, 0.1) is 10.1 Å². The molecule has 42 heavy (non-hydrogen) atoms. The first-order chi connectivity index (χ1) is 20.4. The summed E-state index contributed by atoms with van der Waals surface area (Å²) < 4.78 is 18.3. The monoisotopic (exact) mass is 585 g/mol. The molecule has 0 spiro atoms. The number of aromatic nitrogens is 1. The van der Waals surface area contributed by atoms with Crippen LogP contribution >= 0.6 is 11.3 Å². The number of nitro benzene ring substituents is 1. The second-order valence-electron chi connectivity index (χ2n) is 9.40. The van der Waals surface area contributed by atoms with E-state index in [0.29, 0.717) is 38.5 Å². The zero-order valence-electron chi connectivity index (χ0n) is 22.9. The van der Waals surface area contributed by atoms with Gasteiger partial charge in [0.05, 0.1) is 33.4 Å². The van der Waals surface area contributed by atoms with Crippen LogP contribution in [0.2, 0.25) is 0 Å². The van der Waals surface area contributed by atoms with Crippen LogP contribution < -0.4 is 19.6 Å². The highest BCUT2D eigenvalue weighted by atomic mass is 32.1. The van der Waals surface area contributed by atoms with Gasteiger partial charge in [-0.1, -0.05) is 53.8 Å². The number of esters is 1. The van der Waals surface area contributed by atoms with E-state index in [9.17, 15) is 19.7 Å². The van der Waals surface area contributed by atoms with Gasteiger partial charge in [0, 0.05) is 19.2 Å². The smallest absolute Gasteiger partial charge is 0.338 e. The molecule has 3 aromatic carbocycles. The number of carbonyl (C=O) groups is 1. The second-order valence-corrected chi connectivity index (χ2v) is 10.4. The number of nitro groups is 1. The van der Waals surface area contributed by atoms with Gasteiger partial charge in [-0.15, -0.1) is 0 Å². The summed E-state index contributed by atoms with van der Waals surface area (Å²) in [6, 6.07) is 22.1. The van der Waals surface area contributed by atoms with E-state index in [1.54, 1.807) is 37.3 Å². The molecule has 2 heterocycles. The van der Waals surface area contributed by atoms with Gasteiger partial charge in [-0.05, 0) is 54.0 Å². The van der Waals surface area contributed by atoms with Crippen LogP contribution in [-0.4, -0.2) is 35.8 Å². The van der Waals surface area contributed by atoms with Gasteiger partial charge in [0.25, 0.3) is 11.2 Å². The van der Waals surface area contributed by atoms with E-state index >= 15 is 0 Å². The zero-order valence-corrected chi connectivity index (χ0v) is 23.7. The van der Waals surface area contributed by atoms with Crippen LogP contribution in [0.15, 0.2) is 99.9 Å². The molecule has 1 atom stereocenters. The van der Waals surface area contributed by atoms with Crippen LogP contribution in [0.4, 0.5) is 5.69 Å². The third-order valence-corrected chi connectivity index (χ3v) is 7.59. The molecule has 10 nitrogen and oxygen atoms in total. The Hall–Kier alpha value is -4.87. The van der Waals surface area contributed by atoms with E-state index in [2.05, 4.69) is 4.99 Å². The van der Waals surface area contributed by atoms with Crippen molar-refractivity contribution in [2.75, 3.05) is 20.3 Å². The summed E-state index contributed by atoms with van der Waals surface area (Å²) in [7, 11) is 1.51. The van der Waals surface area contributed by atoms with Gasteiger partial charge in [0.2, 0.25) is 0 Å². The minimum absolute atomic E-state index is 0.0444. The van der Waals surface area contributed by atoms with Gasteiger partial charge in [-0.2, -0.15) is 0 Å². The number of allylic oxidation sites excluding steroid dienone is 1. The van der Waals surface area contributed by atoms with Crippen LogP contribution in [0.1, 0.15) is 29.7 Å². The zero-order chi connectivity index (χ0) is 29.6. The number of fused-ring (bicyclic) bond motifs is 1. The number of thiazole rings is 1. The summed E-state index contributed by atoms with van der Waals surface area (Å²) >= 11 is 1.18. The Balaban J connectivity index is 1.53. The van der Waals surface area contributed by atoms with E-state index < -0.39 is 16.9 Å². The maximum atomic E-state index is 13.8. The van der Waals surface area contributed by atoms with Gasteiger partial charge >= 0.3 is 5.97 Å². The third-order valence-electron chi connectivity index (χ3n) is 6.61. The molecule has 0 fully saturated rings. The molecule has 1 aliphatic heterocycles. The highest BCUT2D eigenvalue weighted by Gasteiger charge is 2.33. The molecule has 0 N–H and O–H groups in total. The third kappa shape index (κ3) is 6.22. The van der Waals surface area contributed by atoms with Crippen molar-refractivity contribution in [1.29, 1.82) is 0 Å². The Labute approximate surface area is 244 Å². The maximum absolute atomic E-state index is 13.8. The fraction of sp³-hybridized carbons (Fsp3) is 0.194. The molecular formula is C31H27N3O7S. The molecule has 4 aromatic rings. The van der Waals surface area contributed by atoms with Gasteiger partial charge in [0.1, 0.15) is 19.0 Å². The van der Waals surface area contributed by atoms with Crippen molar-refractivity contribution in [3.63, 3.8) is 0 Å². The van der Waals surface area contributed by atoms with E-state index in [0.717, 1.165) is 5.56 Å². The lowest BCUT2D eigenvalue weighted by Gasteiger charge is -2.25. The first-order valence-electron chi connectivity index (χ1n) is 13.1. The number of ether oxygens (including phenoxy) is 3. The number of hydrogen-bond acceptors (Lipinski definition) is 9. The summed E-state index contributed by atoms with van der Waals surface area (Å²) in [4.78, 5) is 42.7. The topological polar surface area (TPSA) is 122 Å². The van der Waals surface area contributed by atoms with Gasteiger partial charge in [0.15, 0.2) is 4.80 Å². The van der Waals surface area contributed by atoms with Crippen LogP contribution in [0.3, 0.4) is 0 Å². The summed E-state index contributed by atoms with van der Waals surface area (Å²) in [5.41, 5.74) is 2.63. The van der Waals surface area contributed by atoms with Crippen molar-refractivity contribution in [3.05, 3.63) is 137 Å². The van der Waals surface area contributed by atoms with Crippen molar-refractivity contribution in [2.45, 2.75) is 19.6 Å². The minimum Gasteiger partial charge on any atom is -0.489 e. The summed E-state index contributed by atoms with van der Waals surface area (Å²) in [6.07, 6.45) is 1.65. The number of rotatable bonds is 10. The minimum atomic E-state index is -0.793. The fourth-order valence-corrected chi connectivity index (χ4v) is 5.57. The van der Waals surface area contributed by atoms with Crippen molar-refractivity contribution in [3.8, 4) is 5.75 Å². The first kappa shape index (κ1) is 28.7. The molecule has 0 saturated heterocycles. The standard InChI is InChI=1S/C31H27N3O7S/c1-20-27(30(36)40-17-16-39-2)28(23-10-14-25(15-11-23)41-19-22-6-4-3-5-7-22)33-29(35)26(42-31(33)32-20)18-21-8-12-24(13-9-21)34(37)38/h3-15,18,28H,16-17,19H2,1-2H3/b26-18-. The van der Waals surface area contributed by atoms with Crippen molar-refractivity contribution >= 4 is 29.1 Å². The molecule has 1 aliphatic rings. The molecule has 1 aromatic heterocycles. The molecule has 0 aliphatic carbocycles. The number of non-ortho nitro benzene ring substituents is 1. The van der Waals surface area contributed by atoms with Gasteiger partial charge in [-0.25, -0.2) is 9.79 Å². The SMILES string of the molecule is COCCOC(=O)C1=C(C)N=c2s/c(=C\c3ccc([N+](=O)[O-])cc3)c(=O)n2C1c1ccc(OCc2ccccc2)cc1. The van der Waals surface area contributed by atoms with E-state index in [-0.39, 0.29) is 30.0 Å². The number of methoxy groups -OCH3 is 1. The van der Waals surface area contributed by atoms with Gasteiger partial charge < -0.3 is 14.2 Å². The predicted molar refractivity (Wildman–Crippen MR) is 157 cm³/mol. The van der Waals surface area contributed by atoms with Crippen molar-refractivity contribution in [2.24, 2.45) is 4.99 Å². The van der Waals surface area contributed by atoms with E-state index in [4.69, 9.17) is 14.2 Å². The lowest BCUT2D eigenvalue weighted by Crippen LogP contribution is -2.40. The maximum Gasteiger partial charge on any atom is 0.338 e. The number of hydrogen-bond donors (Lipinski definition) is 0. The molecule has 214 valence electrons. The molecule has 0 amide bonds. The van der Waals surface area contributed by atoms with Crippen molar-refractivity contribution in [1.82, 2.24) is 4.57 Å². The normalized spacial score (nSPS) is 14.7. The molecule has 5 rings (SSSR count). The lowest BCUT2D eigenvalue weighted by atomic mass is 9.96. The van der Waals surface area contributed by atoms with Crippen LogP contribution in [-0.2, 0) is 20.9 Å². The number of carbonyl (C=O) groups excluding carboxylic acids is 1. The molecular weight excluding hydrogens is 558 g/mol. The van der Waals surface area contributed by atoms with Crippen LogP contribution in [0.25, 0.3) is 6.08 Å². The Morgan fingerprint density at radius 2 is 1.76 bits per heavy atom. The highest BCUT2D eigenvalue weighted by molar-refractivity contribution is 7.07. The molecule has 0 bridgehead atoms. The summed E-state index contributed by atoms with van der Waals surface area (Å²) in [5.74, 6) is 0.0467. The lowest BCUT2D eigenvalue weighted by molar-refractivity contribution is -0.384. The number of nitrogens with zero attached hydrogens (tertiary/aromatic N) is 3. The average molecular weight is 586 g/mol. The Bertz CT molecular complexity index is 1810. The highest BCUT2D eigenvalue weighted by Crippen LogP contribution is 2.31. The summed E-state index contributed by atoms with van der Waals surface area (Å²) in [5, 5.41) is 11.0.